The van der Waals surface area contributed by atoms with Gasteiger partial charge >= 0.3 is 12.1 Å². The fraction of sp³-hybridized carbons (Fsp3) is 0.167. The third-order valence-corrected chi connectivity index (χ3v) is 7.91. The van der Waals surface area contributed by atoms with Crippen molar-refractivity contribution in [3.05, 3.63) is 144 Å². The molecular formula is C36H31NO4. The van der Waals surface area contributed by atoms with E-state index in [1.165, 1.54) is 0 Å². The summed E-state index contributed by atoms with van der Waals surface area (Å²) in [6.45, 7) is 2.21. The van der Waals surface area contributed by atoms with E-state index in [9.17, 15) is 9.59 Å². The number of esters is 1. The Morgan fingerprint density at radius 1 is 0.707 bits per heavy atom. The van der Waals surface area contributed by atoms with Crippen LogP contribution < -0.4 is 5.32 Å². The number of hydrogen-bond donors (Lipinski definition) is 1. The Balaban J connectivity index is 1.22. The molecule has 5 aromatic carbocycles. The Kier molecular flexibility index (Phi) is 7.50. The number of rotatable bonds is 8. The Morgan fingerprint density at radius 3 is 2.05 bits per heavy atom. The number of alkyl carbamates (subject to hydrolysis) is 1. The smallest absolute Gasteiger partial charge is 0.407 e. The minimum Gasteiger partial charge on any atom is -0.459 e. The van der Waals surface area contributed by atoms with Crippen molar-refractivity contribution in [1.82, 2.24) is 5.32 Å². The number of benzene rings is 5. The van der Waals surface area contributed by atoms with Gasteiger partial charge in [-0.15, -0.1) is 0 Å². The summed E-state index contributed by atoms with van der Waals surface area (Å²) in [6, 6.07) is 39.0. The van der Waals surface area contributed by atoms with Crippen LogP contribution in [0.3, 0.4) is 0 Å². The van der Waals surface area contributed by atoms with Crippen LogP contribution in [-0.2, 0) is 20.9 Å². The van der Waals surface area contributed by atoms with Gasteiger partial charge in [0.25, 0.3) is 0 Å². The van der Waals surface area contributed by atoms with E-state index in [2.05, 4.69) is 29.6 Å². The fourth-order valence-corrected chi connectivity index (χ4v) is 5.80. The summed E-state index contributed by atoms with van der Waals surface area (Å²) in [7, 11) is 0. The predicted octanol–water partition coefficient (Wildman–Crippen LogP) is 7.59. The van der Waals surface area contributed by atoms with E-state index in [0.717, 1.165) is 44.2 Å². The maximum Gasteiger partial charge on any atom is 0.407 e. The highest BCUT2D eigenvalue weighted by molar-refractivity contribution is 5.88. The molecule has 0 aromatic heterocycles. The van der Waals surface area contributed by atoms with Crippen LogP contribution >= 0.6 is 0 Å². The average Bonchev–Trinajstić information content (AvgIpc) is 3.35. The van der Waals surface area contributed by atoms with Gasteiger partial charge in [0.15, 0.2) is 0 Å². The molecule has 5 nitrogen and oxygen atoms in total. The number of amides is 1. The summed E-state index contributed by atoms with van der Waals surface area (Å²) in [5, 5.41) is 4.94. The van der Waals surface area contributed by atoms with Crippen LogP contribution in [0.1, 0.15) is 41.0 Å². The van der Waals surface area contributed by atoms with Gasteiger partial charge in [0.05, 0.1) is 0 Å². The van der Waals surface area contributed by atoms with Gasteiger partial charge in [0.2, 0.25) is 0 Å². The number of hydrogen-bond acceptors (Lipinski definition) is 4. The van der Waals surface area contributed by atoms with Crippen LogP contribution in [0.25, 0.3) is 21.9 Å². The molecule has 0 fully saturated rings. The second-order valence-electron chi connectivity index (χ2n) is 10.4. The molecule has 0 aliphatic heterocycles. The van der Waals surface area contributed by atoms with Crippen LogP contribution in [0, 0.1) is 0 Å². The number of carbonyl (C=O) groups is 2. The van der Waals surface area contributed by atoms with Crippen molar-refractivity contribution in [1.29, 1.82) is 0 Å². The first-order chi connectivity index (χ1) is 20.1. The highest BCUT2D eigenvalue weighted by Crippen LogP contribution is 2.44. The lowest BCUT2D eigenvalue weighted by Crippen LogP contribution is -2.45. The molecule has 1 amide bonds. The molecule has 0 saturated carbocycles. The minimum atomic E-state index is -0.944. The molecular weight excluding hydrogens is 510 g/mol. The largest absolute Gasteiger partial charge is 0.459 e. The van der Waals surface area contributed by atoms with Crippen LogP contribution in [-0.4, -0.2) is 24.7 Å². The fourth-order valence-electron chi connectivity index (χ4n) is 5.80. The Bertz CT molecular complexity index is 1650. The Hall–Kier alpha value is -4.90. The van der Waals surface area contributed by atoms with Gasteiger partial charge in [-0.1, -0.05) is 128 Å². The van der Waals surface area contributed by atoms with Gasteiger partial charge in [-0.05, 0) is 44.2 Å². The second kappa shape index (κ2) is 11.7. The van der Waals surface area contributed by atoms with E-state index < -0.39 is 18.1 Å². The summed E-state index contributed by atoms with van der Waals surface area (Å²) in [5.41, 5.74) is 6.39. The lowest BCUT2D eigenvalue weighted by atomic mass is 9.89. The third kappa shape index (κ3) is 5.44. The lowest BCUT2D eigenvalue weighted by Gasteiger charge is -2.25. The van der Waals surface area contributed by atoms with Crippen molar-refractivity contribution in [2.45, 2.75) is 31.4 Å². The van der Waals surface area contributed by atoms with Crippen LogP contribution in [0.5, 0.6) is 0 Å². The molecule has 0 heterocycles. The molecule has 5 aromatic rings. The van der Waals surface area contributed by atoms with Crippen molar-refractivity contribution in [3.63, 3.8) is 0 Å². The molecule has 2 atom stereocenters. The summed E-state index contributed by atoms with van der Waals surface area (Å²) >= 11 is 0. The number of carbonyl (C=O) groups excluding carboxylic acids is 2. The van der Waals surface area contributed by atoms with Crippen molar-refractivity contribution in [3.8, 4) is 11.1 Å². The quantitative estimate of drug-likeness (QED) is 0.206. The SMILES string of the molecule is C[C@H](c1cccc2ccccc12)[C@H](NC(=O)OCC1c2ccccc2-c2ccccc21)C(=O)OCc1ccccc1. The van der Waals surface area contributed by atoms with Gasteiger partial charge in [0.1, 0.15) is 19.3 Å². The standard InChI is InChI=1S/C36H31NO4/c1-24(27-21-11-15-26-14-5-6-16-28(26)27)34(35(38)40-22-25-12-3-2-4-13-25)37-36(39)41-23-33-31-19-9-7-17-29(31)30-18-8-10-20-32(30)33/h2-21,24,33-34H,22-23H2,1H3,(H,37,39)/t24-,34+/m1/s1. The lowest BCUT2D eigenvalue weighted by molar-refractivity contribution is -0.148. The summed E-state index contributed by atoms with van der Waals surface area (Å²) in [5.74, 6) is -0.959. The van der Waals surface area contributed by atoms with E-state index in [1.54, 1.807) is 0 Å². The van der Waals surface area contributed by atoms with E-state index in [0.29, 0.717) is 0 Å². The van der Waals surface area contributed by atoms with Crippen molar-refractivity contribution >= 4 is 22.8 Å². The van der Waals surface area contributed by atoms with Gasteiger partial charge in [0, 0.05) is 11.8 Å². The van der Waals surface area contributed by atoms with E-state index >= 15 is 0 Å². The molecule has 1 N–H and O–H groups in total. The third-order valence-electron chi connectivity index (χ3n) is 7.91. The van der Waals surface area contributed by atoms with Gasteiger partial charge in [-0.3, -0.25) is 0 Å². The molecule has 1 aliphatic rings. The van der Waals surface area contributed by atoms with E-state index in [-0.39, 0.29) is 25.0 Å². The average molecular weight is 542 g/mol. The zero-order valence-electron chi connectivity index (χ0n) is 22.8. The first-order valence-electron chi connectivity index (χ1n) is 13.9. The zero-order valence-corrected chi connectivity index (χ0v) is 22.8. The van der Waals surface area contributed by atoms with Crippen molar-refractivity contribution in [2.75, 3.05) is 6.61 Å². The summed E-state index contributed by atoms with van der Waals surface area (Å²) in [6.07, 6.45) is -0.652. The highest BCUT2D eigenvalue weighted by atomic mass is 16.6. The van der Waals surface area contributed by atoms with E-state index in [4.69, 9.17) is 9.47 Å². The molecule has 0 radical (unpaired) electrons. The maximum atomic E-state index is 13.5. The highest BCUT2D eigenvalue weighted by Gasteiger charge is 2.33. The molecule has 0 bridgehead atoms. The molecule has 0 saturated heterocycles. The molecule has 1 aliphatic carbocycles. The number of ether oxygens (including phenoxy) is 2. The Labute approximate surface area is 239 Å². The first-order valence-corrected chi connectivity index (χ1v) is 13.9. The molecule has 0 unspecified atom stereocenters. The molecule has 204 valence electrons. The van der Waals surface area contributed by atoms with Crippen LogP contribution in [0.2, 0.25) is 0 Å². The summed E-state index contributed by atoms with van der Waals surface area (Å²) < 4.78 is 11.5. The number of fused-ring (bicyclic) bond motifs is 4. The van der Waals surface area contributed by atoms with Gasteiger partial charge in [-0.2, -0.15) is 0 Å². The summed E-state index contributed by atoms with van der Waals surface area (Å²) in [4.78, 5) is 26.8. The van der Waals surface area contributed by atoms with Crippen molar-refractivity contribution in [2.24, 2.45) is 0 Å². The van der Waals surface area contributed by atoms with Crippen LogP contribution in [0.15, 0.2) is 121 Å². The normalized spacial score (nSPS) is 13.6. The zero-order chi connectivity index (χ0) is 28.2. The van der Waals surface area contributed by atoms with Crippen LogP contribution in [0.4, 0.5) is 4.79 Å². The van der Waals surface area contributed by atoms with Gasteiger partial charge in [-0.25, -0.2) is 9.59 Å². The Morgan fingerprint density at radius 2 is 1.32 bits per heavy atom. The van der Waals surface area contributed by atoms with E-state index in [1.807, 2.05) is 104 Å². The molecule has 0 spiro atoms. The van der Waals surface area contributed by atoms with Gasteiger partial charge < -0.3 is 14.8 Å². The maximum absolute atomic E-state index is 13.5. The number of nitrogens with one attached hydrogen (secondary N) is 1. The predicted molar refractivity (Wildman–Crippen MR) is 161 cm³/mol. The molecule has 41 heavy (non-hydrogen) atoms. The van der Waals surface area contributed by atoms with Crippen molar-refractivity contribution < 1.29 is 19.1 Å². The second-order valence-corrected chi connectivity index (χ2v) is 10.4. The first kappa shape index (κ1) is 26.3. The minimum absolute atomic E-state index is 0.0767. The topological polar surface area (TPSA) is 64.6 Å². The molecule has 6 rings (SSSR count). The monoisotopic (exact) mass is 541 g/mol. The molecule has 5 heteroatoms.